The largest absolute Gasteiger partial charge is 0.463 e. The first kappa shape index (κ1) is 19.6. The van der Waals surface area contributed by atoms with Gasteiger partial charge in [-0.1, -0.05) is 39.7 Å². The summed E-state index contributed by atoms with van der Waals surface area (Å²) >= 11 is 9.30. The number of fused-ring (bicyclic) bond motifs is 2. The lowest BCUT2D eigenvalue weighted by atomic mass is 10.1. The van der Waals surface area contributed by atoms with E-state index in [0.717, 1.165) is 9.86 Å². The third-order valence-corrected chi connectivity index (χ3v) is 5.54. The molecule has 0 spiro atoms. The molecule has 152 valence electrons. The molecule has 5 rings (SSSR count). The first-order chi connectivity index (χ1) is 15.0. The molecule has 0 aliphatic rings. The molecule has 0 aliphatic heterocycles. The highest BCUT2D eigenvalue weighted by atomic mass is 79.9. The average Bonchev–Trinajstić information content (AvgIpc) is 3.18. The zero-order chi connectivity index (χ0) is 21.5. The van der Waals surface area contributed by atoms with Crippen molar-refractivity contribution in [3.8, 4) is 16.9 Å². The number of ether oxygens (including phenoxy) is 1. The molecule has 5 nitrogen and oxygen atoms in total. The second kappa shape index (κ2) is 7.72. The van der Waals surface area contributed by atoms with E-state index in [2.05, 4.69) is 15.9 Å². The SMILES string of the molecule is O=C(Oc1ccc2c(=O)c(-c3ccc(Cl)cc3)coc2c1)c1cc2cc(Br)ccc2o1. The molecule has 0 atom stereocenters. The molecular weight excluding hydrogens is 484 g/mol. The van der Waals surface area contributed by atoms with Gasteiger partial charge in [0.1, 0.15) is 23.2 Å². The summed E-state index contributed by atoms with van der Waals surface area (Å²) in [5.41, 5.74) is 1.81. The van der Waals surface area contributed by atoms with Crippen LogP contribution in [0, 0.1) is 0 Å². The zero-order valence-corrected chi connectivity index (χ0v) is 18.1. The van der Waals surface area contributed by atoms with E-state index in [4.69, 9.17) is 25.2 Å². The molecule has 5 aromatic rings. The van der Waals surface area contributed by atoms with Crippen LogP contribution in [0.15, 0.2) is 91.1 Å². The van der Waals surface area contributed by atoms with Crippen LogP contribution in [0.5, 0.6) is 5.75 Å². The Bertz CT molecular complexity index is 1520. The summed E-state index contributed by atoms with van der Waals surface area (Å²) in [4.78, 5) is 25.4. The molecule has 2 aromatic heterocycles. The number of hydrogen-bond acceptors (Lipinski definition) is 5. The lowest BCUT2D eigenvalue weighted by molar-refractivity contribution is 0.0704. The van der Waals surface area contributed by atoms with Gasteiger partial charge in [0, 0.05) is 20.9 Å². The quantitative estimate of drug-likeness (QED) is 0.202. The Kier molecular flexibility index (Phi) is 4.88. The molecule has 0 bridgehead atoms. The number of benzene rings is 3. The lowest BCUT2D eigenvalue weighted by Crippen LogP contribution is -2.08. The van der Waals surface area contributed by atoms with E-state index in [-0.39, 0.29) is 16.9 Å². The van der Waals surface area contributed by atoms with Crippen LogP contribution in [-0.2, 0) is 0 Å². The van der Waals surface area contributed by atoms with Gasteiger partial charge < -0.3 is 13.6 Å². The summed E-state index contributed by atoms with van der Waals surface area (Å²) in [5, 5.41) is 1.74. The van der Waals surface area contributed by atoms with Gasteiger partial charge in [-0.15, -0.1) is 0 Å². The minimum absolute atomic E-state index is 0.0766. The number of carbonyl (C=O) groups is 1. The Morgan fingerprint density at radius 1 is 0.935 bits per heavy atom. The number of hydrogen-bond donors (Lipinski definition) is 0. The number of furan rings is 1. The number of halogens is 2. The van der Waals surface area contributed by atoms with E-state index in [1.807, 2.05) is 12.1 Å². The maximum absolute atomic E-state index is 12.9. The first-order valence-electron chi connectivity index (χ1n) is 9.21. The van der Waals surface area contributed by atoms with Gasteiger partial charge in [-0.25, -0.2) is 4.79 Å². The van der Waals surface area contributed by atoms with Crippen LogP contribution in [-0.4, -0.2) is 5.97 Å². The van der Waals surface area contributed by atoms with E-state index in [0.29, 0.717) is 32.7 Å². The summed E-state index contributed by atoms with van der Waals surface area (Å²) in [6.45, 7) is 0. The molecule has 3 aromatic carbocycles. The summed E-state index contributed by atoms with van der Waals surface area (Å²) in [5.74, 6) is -0.332. The Labute approximate surface area is 188 Å². The third-order valence-electron chi connectivity index (χ3n) is 4.79. The Balaban J connectivity index is 1.45. The molecule has 0 fully saturated rings. The average molecular weight is 496 g/mol. The molecule has 7 heteroatoms. The zero-order valence-electron chi connectivity index (χ0n) is 15.7. The monoisotopic (exact) mass is 494 g/mol. The number of rotatable bonds is 3. The van der Waals surface area contributed by atoms with Gasteiger partial charge in [0.25, 0.3) is 0 Å². The molecule has 0 saturated carbocycles. The molecule has 31 heavy (non-hydrogen) atoms. The minimum Gasteiger partial charge on any atom is -0.463 e. The summed E-state index contributed by atoms with van der Waals surface area (Å²) in [6, 6.07) is 18.6. The van der Waals surface area contributed by atoms with Crippen molar-refractivity contribution in [2.24, 2.45) is 0 Å². The number of esters is 1. The van der Waals surface area contributed by atoms with Crippen molar-refractivity contribution in [3.05, 3.63) is 98.5 Å². The molecule has 2 heterocycles. The maximum Gasteiger partial charge on any atom is 0.379 e. The van der Waals surface area contributed by atoms with E-state index in [9.17, 15) is 9.59 Å². The molecule has 0 N–H and O–H groups in total. The van der Waals surface area contributed by atoms with E-state index < -0.39 is 5.97 Å². The van der Waals surface area contributed by atoms with E-state index in [1.54, 1.807) is 48.5 Å². The van der Waals surface area contributed by atoms with Gasteiger partial charge in [-0.05, 0) is 54.1 Å². The predicted octanol–water partition coefficient (Wildman–Crippen LogP) is 6.84. The Hall–Kier alpha value is -3.35. The van der Waals surface area contributed by atoms with Gasteiger partial charge in [0.15, 0.2) is 5.43 Å². The van der Waals surface area contributed by atoms with Gasteiger partial charge in [0.2, 0.25) is 5.76 Å². The number of carbonyl (C=O) groups excluding carboxylic acids is 1. The van der Waals surface area contributed by atoms with Crippen LogP contribution < -0.4 is 10.2 Å². The predicted molar refractivity (Wildman–Crippen MR) is 122 cm³/mol. The van der Waals surface area contributed by atoms with Gasteiger partial charge in [-0.2, -0.15) is 0 Å². The summed E-state index contributed by atoms with van der Waals surface area (Å²) < 4.78 is 17.5. The normalized spacial score (nSPS) is 11.2. The van der Waals surface area contributed by atoms with Crippen LogP contribution in [0.25, 0.3) is 33.1 Å². The van der Waals surface area contributed by atoms with Crippen molar-refractivity contribution >= 4 is 55.4 Å². The van der Waals surface area contributed by atoms with Gasteiger partial charge in [-0.3, -0.25) is 4.79 Å². The maximum atomic E-state index is 12.9. The Morgan fingerprint density at radius 3 is 2.55 bits per heavy atom. The van der Waals surface area contributed by atoms with E-state index >= 15 is 0 Å². The first-order valence-corrected chi connectivity index (χ1v) is 10.4. The van der Waals surface area contributed by atoms with Crippen LogP contribution in [0.1, 0.15) is 10.6 Å². The highest BCUT2D eigenvalue weighted by molar-refractivity contribution is 9.10. The van der Waals surface area contributed by atoms with Gasteiger partial charge in [0.05, 0.1) is 10.9 Å². The van der Waals surface area contributed by atoms with Crippen LogP contribution in [0.3, 0.4) is 0 Å². The highest BCUT2D eigenvalue weighted by Crippen LogP contribution is 2.27. The van der Waals surface area contributed by atoms with Crippen molar-refractivity contribution in [3.63, 3.8) is 0 Å². The summed E-state index contributed by atoms with van der Waals surface area (Å²) in [7, 11) is 0. The van der Waals surface area contributed by atoms with Crippen molar-refractivity contribution in [1.82, 2.24) is 0 Å². The van der Waals surface area contributed by atoms with Crippen molar-refractivity contribution in [2.75, 3.05) is 0 Å². The molecule has 0 radical (unpaired) electrons. The van der Waals surface area contributed by atoms with Crippen LogP contribution >= 0.6 is 27.5 Å². The van der Waals surface area contributed by atoms with E-state index in [1.165, 1.54) is 12.3 Å². The fourth-order valence-corrected chi connectivity index (χ4v) is 3.78. The summed E-state index contributed by atoms with van der Waals surface area (Å²) in [6.07, 6.45) is 1.39. The third kappa shape index (κ3) is 3.76. The van der Waals surface area contributed by atoms with Crippen molar-refractivity contribution in [1.29, 1.82) is 0 Å². The molecule has 0 saturated heterocycles. The smallest absolute Gasteiger partial charge is 0.379 e. The topological polar surface area (TPSA) is 69.7 Å². The standard InChI is InChI=1S/C24H12BrClO5/c25-15-3-8-20-14(9-15)10-22(31-20)24(28)30-17-6-7-18-21(11-17)29-12-19(23(18)27)13-1-4-16(26)5-2-13/h1-12H. The second-order valence-corrected chi connectivity index (χ2v) is 8.18. The second-order valence-electron chi connectivity index (χ2n) is 6.83. The fourth-order valence-electron chi connectivity index (χ4n) is 3.27. The highest BCUT2D eigenvalue weighted by Gasteiger charge is 2.16. The molecular formula is C24H12BrClO5. The minimum atomic E-state index is -0.646. The Morgan fingerprint density at radius 2 is 1.74 bits per heavy atom. The lowest BCUT2D eigenvalue weighted by Gasteiger charge is -2.05. The van der Waals surface area contributed by atoms with Crippen LogP contribution in [0.2, 0.25) is 5.02 Å². The van der Waals surface area contributed by atoms with Crippen molar-refractivity contribution < 1.29 is 18.4 Å². The molecule has 0 aliphatic carbocycles. The molecule has 0 amide bonds. The van der Waals surface area contributed by atoms with Crippen LogP contribution in [0.4, 0.5) is 0 Å². The molecule has 0 unspecified atom stereocenters. The fraction of sp³-hybridized carbons (Fsp3) is 0. The van der Waals surface area contributed by atoms with Crippen molar-refractivity contribution in [2.45, 2.75) is 0 Å². The van der Waals surface area contributed by atoms with Gasteiger partial charge >= 0.3 is 5.97 Å².